The third-order valence-corrected chi connectivity index (χ3v) is 4.11. The Bertz CT molecular complexity index is 260. The van der Waals surface area contributed by atoms with Gasteiger partial charge < -0.3 is 14.6 Å². The first-order valence-electron chi connectivity index (χ1n) is 6.08. The molecule has 0 aromatic rings. The maximum absolute atomic E-state index is 11.5. The molecule has 2 saturated heterocycles. The second kappa shape index (κ2) is 4.72. The Labute approximate surface area is 95.9 Å². The van der Waals surface area contributed by atoms with Gasteiger partial charge in [0.15, 0.2) is 0 Å². The summed E-state index contributed by atoms with van der Waals surface area (Å²) in [6.07, 6.45) is 3.21. The molecule has 2 unspecified atom stereocenters. The Morgan fingerprint density at radius 3 is 2.56 bits per heavy atom. The number of carboxylic acid groups (broad SMARTS) is 1. The normalized spacial score (nSPS) is 36.4. The van der Waals surface area contributed by atoms with Crippen LogP contribution in [0.1, 0.15) is 32.6 Å². The van der Waals surface area contributed by atoms with E-state index in [2.05, 4.69) is 0 Å². The van der Waals surface area contributed by atoms with Crippen molar-refractivity contribution < 1.29 is 19.4 Å². The lowest BCUT2D eigenvalue weighted by atomic mass is 9.73. The van der Waals surface area contributed by atoms with Gasteiger partial charge in [0, 0.05) is 19.8 Å². The molecule has 2 aliphatic rings. The number of carbonyl (C=O) groups is 1. The number of ether oxygens (including phenoxy) is 2. The van der Waals surface area contributed by atoms with E-state index < -0.39 is 11.4 Å². The maximum Gasteiger partial charge on any atom is 0.312 e. The van der Waals surface area contributed by atoms with Gasteiger partial charge in [-0.05, 0) is 38.5 Å². The molecule has 0 saturated carbocycles. The molecule has 4 heteroatoms. The lowest BCUT2D eigenvalue weighted by molar-refractivity contribution is -0.154. The van der Waals surface area contributed by atoms with Crippen molar-refractivity contribution in [2.75, 3.05) is 19.8 Å². The molecule has 92 valence electrons. The lowest BCUT2D eigenvalue weighted by Gasteiger charge is -2.33. The standard InChI is InChI=1S/C12H20O4/c1-9-12(11(13)14,4-7-16-9)8-10-2-5-15-6-3-10/h9-10H,2-8H2,1H3,(H,13,14). The highest BCUT2D eigenvalue weighted by Crippen LogP contribution is 2.42. The van der Waals surface area contributed by atoms with Crippen molar-refractivity contribution in [1.82, 2.24) is 0 Å². The van der Waals surface area contributed by atoms with Crippen LogP contribution < -0.4 is 0 Å². The first-order chi connectivity index (χ1) is 7.65. The Hall–Kier alpha value is -0.610. The third-order valence-electron chi connectivity index (χ3n) is 4.11. The summed E-state index contributed by atoms with van der Waals surface area (Å²) in [6.45, 7) is 4.02. The minimum atomic E-state index is -0.691. The van der Waals surface area contributed by atoms with Gasteiger partial charge in [-0.3, -0.25) is 4.79 Å². The molecule has 1 N–H and O–H groups in total. The van der Waals surface area contributed by atoms with Crippen molar-refractivity contribution in [3.05, 3.63) is 0 Å². The molecule has 16 heavy (non-hydrogen) atoms. The summed E-state index contributed by atoms with van der Waals surface area (Å²) in [4.78, 5) is 11.5. The fraction of sp³-hybridized carbons (Fsp3) is 0.917. The van der Waals surface area contributed by atoms with Crippen LogP contribution in [0.25, 0.3) is 0 Å². The molecule has 2 rings (SSSR count). The van der Waals surface area contributed by atoms with E-state index in [1.807, 2.05) is 6.92 Å². The predicted octanol–water partition coefficient (Wildman–Crippen LogP) is 1.68. The van der Waals surface area contributed by atoms with Crippen LogP contribution >= 0.6 is 0 Å². The quantitative estimate of drug-likeness (QED) is 0.798. The van der Waals surface area contributed by atoms with Gasteiger partial charge >= 0.3 is 5.97 Å². The summed E-state index contributed by atoms with van der Waals surface area (Å²) >= 11 is 0. The van der Waals surface area contributed by atoms with E-state index >= 15 is 0 Å². The van der Waals surface area contributed by atoms with Gasteiger partial charge in [-0.2, -0.15) is 0 Å². The van der Waals surface area contributed by atoms with E-state index in [1.54, 1.807) is 0 Å². The zero-order valence-electron chi connectivity index (χ0n) is 9.78. The Morgan fingerprint density at radius 1 is 1.38 bits per heavy atom. The predicted molar refractivity (Wildman–Crippen MR) is 58.3 cm³/mol. The minimum Gasteiger partial charge on any atom is -0.481 e. The Morgan fingerprint density at radius 2 is 2.06 bits per heavy atom. The van der Waals surface area contributed by atoms with Crippen molar-refractivity contribution in [1.29, 1.82) is 0 Å². The van der Waals surface area contributed by atoms with Crippen molar-refractivity contribution in [2.45, 2.75) is 38.7 Å². The van der Waals surface area contributed by atoms with E-state index in [0.29, 0.717) is 18.9 Å². The van der Waals surface area contributed by atoms with Gasteiger partial charge in [0.05, 0.1) is 11.5 Å². The van der Waals surface area contributed by atoms with Crippen LogP contribution in [0.5, 0.6) is 0 Å². The molecule has 4 nitrogen and oxygen atoms in total. The molecule has 2 aliphatic heterocycles. The molecule has 2 atom stereocenters. The van der Waals surface area contributed by atoms with E-state index in [-0.39, 0.29) is 6.10 Å². The van der Waals surface area contributed by atoms with Crippen LogP contribution in [-0.4, -0.2) is 37.0 Å². The van der Waals surface area contributed by atoms with Gasteiger partial charge in [0.2, 0.25) is 0 Å². The SMILES string of the molecule is CC1OCCC1(CC1CCOCC1)C(=O)O. The van der Waals surface area contributed by atoms with Crippen molar-refractivity contribution in [2.24, 2.45) is 11.3 Å². The largest absolute Gasteiger partial charge is 0.481 e. The number of rotatable bonds is 3. The Balaban J connectivity index is 2.05. The van der Waals surface area contributed by atoms with E-state index in [1.165, 1.54) is 0 Å². The second-order valence-electron chi connectivity index (χ2n) is 4.98. The average molecular weight is 228 g/mol. The molecule has 0 radical (unpaired) electrons. The van der Waals surface area contributed by atoms with Crippen LogP contribution in [0, 0.1) is 11.3 Å². The molecule has 0 aromatic carbocycles. The second-order valence-corrected chi connectivity index (χ2v) is 4.98. The van der Waals surface area contributed by atoms with Gasteiger partial charge in [0.25, 0.3) is 0 Å². The molecule has 0 spiro atoms. The highest BCUT2D eigenvalue weighted by Gasteiger charge is 2.49. The van der Waals surface area contributed by atoms with E-state index in [0.717, 1.165) is 32.5 Å². The number of hydrogen-bond donors (Lipinski definition) is 1. The molecule has 2 fully saturated rings. The lowest BCUT2D eigenvalue weighted by Crippen LogP contribution is -2.40. The maximum atomic E-state index is 11.5. The smallest absolute Gasteiger partial charge is 0.312 e. The summed E-state index contributed by atoms with van der Waals surface area (Å²) < 4.78 is 10.8. The summed E-state index contributed by atoms with van der Waals surface area (Å²) in [5.74, 6) is -0.210. The van der Waals surface area contributed by atoms with Crippen LogP contribution in [0.15, 0.2) is 0 Å². The molecular formula is C12H20O4. The zero-order valence-corrected chi connectivity index (χ0v) is 9.78. The van der Waals surface area contributed by atoms with Crippen LogP contribution in [0.4, 0.5) is 0 Å². The van der Waals surface area contributed by atoms with E-state index in [9.17, 15) is 9.90 Å². The van der Waals surface area contributed by atoms with Crippen LogP contribution in [0.2, 0.25) is 0 Å². The van der Waals surface area contributed by atoms with Crippen LogP contribution in [-0.2, 0) is 14.3 Å². The molecule has 2 heterocycles. The van der Waals surface area contributed by atoms with E-state index in [4.69, 9.17) is 9.47 Å². The summed E-state index contributed by atoms with van der Waals surface area (Å²) in [6, 6.07) is 0. The van der Waals surface area contributed by atoms with Crippen molar-refractivity contribution in [3.8, 4) is 0 Å². The molecule has 0 aromatic heterocycles. The number of aliphatic carboxylic acids is 1. The summed E-state index contributed by atoms with van der Waals surface area (Å²) in [5.41, 5.74) is -0.651. The highest BCUT2D eigenvalue weighted by atomic mass is 16.5. The molecule has 0 bridgehead atoms. The highest BCUT2D eigenvalue weighted by molar-refractivity contribution is 5.75. The van der Waals surface area contributed by atoms with Gasteiger partial charge in [-0.25, -0.2) is 0 Å². The first-order valence-corrected chi connectivity index (χ1v) is 6.08. The first kappa shape index (κ1) is 11.9. The molecule has 0 amide bonds. The van der Waals surface area contributed by atoms with Crippen molar-refractivity contribution in [3.63, 3.8) is 0 Å². The summed E-state index contributed by atoms with van der Waals surface area (Å²) in [5, 5.41) is 9.45. The van der Waals surface area contributed by atoms with Crippen molar-refractivity contribution >= 4 is 5.97 Å². The Kier molecular flexibility index (Phi) is 3.50. The zero-order chi connectivity index (χ0) is 11.6. The number of hydrogen-bond acceptors (Lipinski definition) is 3. The minimum absolute atomic E-state index is 0.159. The number of carboxylic acids is 1. The molecule has 0 aliphatic carbocycles. The monoisotopic (exact) mass is 228 g/mol. The third kappa shape index (κ3) is 2.09. The van der Waals surface area contributed by atoms with Gasteiger partial charge in [-0.15, -0.1) is 0 Å². The van der Waals surface area contributed by atoms with Gasteiger partial charge in [-0.1, -0.05) is 0 Å². The fourth-order valence-corrected chi connectivity index (χ4v) is 2.88. The summed E-state index contributed by atoms with van der Waals surface area (Å²) in [7, 11) is 0. The van der Waals surface area contributed by atoms with Crippen LogP contribution in [0.3, 0.4) is 0 Å². The topological polar surface area (TPSA) is 55.8 Å². The fourth-order valence-electron chi connectivity index (χ4n) is 2.88. The van der Waals surface area contributed by atoms with Gasteiger partial charge in [0.1, 0.15) is 0 Å². The molecular weight excluding hydrogens is 208 g/mol. The average Bonchev–Trinajstić information content (AvgIpc) is 2.63.